The van der Waals surface area contributed by atoms with Gasteiger partial charge in [0.2, 0.25) is 0 Å². The minimum atomic E-state index is -0.918. The number of aromatic nitrogens is 1. The number of fused-ring (bicyclic) bond motifs is 1. The smallest absolute Gasteiger partial charge is 0.337 e. The zero-order valence-electron chi connectivity index (χ0n) is 10.6. The van der Waals surface area contributed by atoms with Gasteiger partial charge in [-0.05, 0) is 49.9 Å². The topological polar surface area (TPSA) is 73.3 Å². The normalized spacial score (nSPS) is 11.1. The van der Waals surface area contributed by atoms with Crippen LogP contribution in [-0.2, 0) is 6.42 Å². The standard InChI is InChI=1S/C14H17NO3/c1-8-6-11-10(4-3-5-16)9(2)15-13(11)12(7-8)14(17)18/h6-7,15-16H,3-5H2,1-2H3,(H,17,18). The molecule has 2 rings (SSSR count). The number of hydrogen-bond donors (Lipinski definition) is 3. The Bertz CT molecular complexity index is 599. The van der Waals surface area contributed by atoms with Crippen LogP contribution in [-0.4, -0.2) is 27.8 Å². The number of aromatic amines is 1. The molecule has 0 bridgehead atoms. The maximum absolute atomic E-state index is 11.2. The zero-order chi connectivity index (χ0) is 13.3. The summed E-state index contributed by atoms with van der Waals surface area (Å²) in [6.45, 7) is 3.97. The molecule has 0 unspecified atom stereocenters. The molecule has 0 amide bonds. The van der Waals surface area contributed by atoms with Crippen molar-refractivity contribution in [2.75, 3.05) is 6.61 Å². The van der Waals surface area contributed by atoms with Gasteiger partial charge in [-0.1, -0.05) is 0 Å². The fraction of sp³-hybridized carbons (Fsp3) is 0.357. The van der Waals surface area contributed by atoms with Crippen LogP contribution in [0.4, 0.5) is 0 Å². The molecule has 0 aliphatic heterocycles. The van der Waals surface area contributed by atoms with E-state index in [9.17, 15) is 9.90 Å². The maximum Gasteiger partial charge on any atom is 0.337 e. The molecule has 3 N–H and O–H groups in total. The summed E-state index contributed by atoms with van der Waals surface area (Å²) in [6, 6.07) is 3.68. The Morgan fingerprint density at radius 2 is 2.06 bits per heavy atom. The number of H-pyrrole nitrogens is 1. The predicted molar refractivity (Wildman–Crippen MR) is 70.1 cm³/mol. The van der Waals surface area contributed by atoms with Crippen LogP contribution in [0.5, 0.6) is 0 Å². The Hall–Kier alpha value is -1.81. The molecule has 18 heavy (non-hydrogen) atoms. The van der Waals surface area contributed by atoms with Gasteiger partial charge in [0.05, 0.1) is 11.1 Å². The van der Waals surface area contributed by atoms with Gasteiger partial charge in [-0.15, -0.1) is 0 Å². The predicted octanol–water partition coefficient (Wildman–Crippen LogP) is 2.41. The van der Waals surface area contributed by atoms with Crippen molar-refractivity contribution < 1.29 is 15.0 Å². The minimum absolute atomic E-state index is 0.143. The number of aryl methyl sites for hydroxylation is 3. The van der Waals surface area contributed by atoms with Crippen molar-refractivity contribution in [1.82, 2.24) is 4.98 Å². The van der Waals surface area contributed by atoms with E-state index in [0.717, 1.165) is 28.6 Å². The van der Waals surface area contributed by atoms with Crippen molar-refractivity contribution >= 4 is 16.9 Å². The van der Waals surface area contributed by atoms with Gasteiger partial charge in [0.25, 0.3) is 0 Å². The summed E-state index contributed by atoms with van der Waals surface area (Å²) >= 11 is 0. The van der Waals surface area contributed by atoms with Gasteiger partial charge in [0.15, 0.2) is 0 Å². The molecule has 0 fully saturated rings. The number of rotatable bonds is 4. The van der Waals surface area contributed by atoms with Crippen LogP contribution in [0.25, 0.3) is 10.9 Å². The largest absolute Gasteiger partial charge is 0.478 e. The van der Waals surface area contributed by atoms with Crippen molar-refractivity contribution in [1.29, 1.82) is 0 Å². The second-order valence-electron chi connectivity index (χ2n) is 4.60. The lowest BCUT2D eigenvalue weighted by Gasteiger charge is -2.02. The average Bonchev–Trinajstić information content (AvgIpc) is 2.61. The SMILES string of the molecule is Cc1cc(C(=O)O)c2[nH]c(C)c(CCCO)c2c1. The molecule has 2 aromatic rings. The molecule has 1 heterocycles. The highest BCUT2D eigenvalue weighted by atomic mass is 16.4. The zero-order valence-corrected chi connectivity index (χ0v) is 10.6. The molecule has 0 spiro atoms. The molecule has 0 aliphatic rings. The van der Waals surface area contributed by atoms with Crippen LogP contribution in [0, 0.1) is 13.8 Å². The van der Waals surface area contributed by atoms with Crippen molar-refractivity contribution in [2.24, 2.45) is 0 Å². The van der Waals surface area contributed by atoms with Crippen molar-refractivity contribution in [3.8, 4) is 0 Å². The summed E-state index contributed by atoms with van der Waals surface area (Å²) in [6.07, 6.45) is 1.44. The molecule has 4 heteroatoms. The quantitative estimate of drug-likeness (QED) is 0.776. The first-order valence-electron chi connectivity index (χ1n) is 6.00. The molecular weight excluding hydrogens is 230 g/mol. The number of hydrogen-bond acceptors (Lipinski definition) is 2. The van der Waals surface area contributed by atoms with Crippen LogP contribution in [0.15, 0.2) is 12.1 Å². The van der Waals surface area contributed by atoms with E-state index in [4.69, 9.17) is 5.11 Å². The third-order valence-corrected chi connectivity index (χ3v) is 3.19. The van der Waals surface area contributed by atoms with E-state index < -0.39 is 5.97 Å². The van der Waals surface area contributed by atoms with E-state index in [1.54, 1.807) is 6.07 Å². The molecule has 0 saturated heterocycles. The van der Waals surface area contributed by atoms with E-state index in [2.05, 4.69) is 4.98 Å². The number of carboxylic acid groups (broad SMARTS) is 1. The van der Waals surface area contributed by atoms with Gasteiger partial charge < -0.3 is 15.2 Å². The van der Waals surface area contributed by atoms with E-state index in [1.807, 2.05) is 19.9 Å². The summed E-state index contributed by atoms with van der Waals surface area (Å²) in [4.78, 5) is 14.4. The van der Waals surface area contributed by atoms with Gasteiger partial charge in [-0.3, -0.25) is 0 Å². The van der Waals surface area contributed by atoms with Gasteiger partial charge in [0, 0.05) is 17.7 Å². The number of aromatic carboxylic acids is 1. The second-order valence-corrected chi connectivity index (χ2v) is 4.60. The third-order valence-electron chi connectivity index (χ3n) is 3.19. The first kappa shape index (κ1) is 12.6. The third kappa shape index (κ3) is 2.11. The lowest BCUT2D eigenvalue weighted by Crippen LogP contribution is -1.98. The summed E-state index contributed by atoms with van der Waals surface area (Å²) < 4.78 is 0. The number of aliphatic hydroxyl groups is 1. The van der Waals surface area contributed by atoms with E-state index >= 15 is 0 Å². The number of aliphatic hydroxyl groups excluding tert-OH is 1. The van der Waals surface area contributed by atoms with Crippen LogP contribution in [0.3, 0.4) is 0 Å². The Kier molecular flexibility index (Phi) is 3.39. The van der Waals surface area contributed by atoms with Gasteiger partial charge >= 0.3 is 5.97 Å². The maximum atomic E-state index is 11.2. The van der Waals surface area contributed by atoms with Gasteiger partial charge in [-0.25, -0.2) is 4.79 Å². The molecule has 0 saturated carbocycles. The fourth-order valence-electron chi connectivity index (χ4n) is 2.37. The number of nitrogens with one attached hydrogen (secondary N) is 1. The lowest BCUT2D eigenvalue weighted by atomic mass is 10.0. The van der Waals surface area contributed by atoms with Crippen LogP contribution in [0.2, 0.25) is 0 Å². The molecule has 1 aromatic heterocycles. The highest BCUT2D eigenvalue weighted by molar-refractivity contribution is 6.03. The van der Waals surface area contributed by atoms with Gasteiger partial charge in [0.1, 0.15) is 0 Å². The summed E-state index contributed by atoms with van der Waals surface area (Å²) in [5.41, 5.74) is 4.00. The molecule has 4 nitrogen and oxygen atoms in total. The van der Waals surface area contributed by atoms with E-state index in [-0.39, 0.29) is 6.61 Å². The molecular formula is C14H17NO3. The molecule has 0 radical (unpaired) electrons. The Morgan fingerprint density at radius 1 is 1.33 bits per heavy atom. The van der Waals surface area contributed by atoms with Crippen LogP contribution < -0.4 is 0 Å². The highest BCUT2D eigenvalue weighted by Crippen LogP contribution is 2.27. The first-order valence-corrected chi connectivity index (χ1v) is 6.00. The van der Waals surface area contributed by atoms with E-state index in [0.29, 0.717) is 17.5 Å². The van der Waals surface area contributed by atoms with Crippen LogP contribution >= 0.6 is 0 Å². The summed E-state index contributed by atoms with van der Waals surface area (Å²) in [5, 5.41) is 19.1. The summed E-state index contributed by atoms with van der Waals surface area (Å²) in [5.74, 6) is -0.918. The minimum Gasteiger partial charge on any atom is -0.478 e. The van der Waals surface area contributed by atoms with Crippen LogP contribution in [0.1, 0.15) is 33.6 Å². The van der Waals surface area contributed by atoms with Gasteiger partial charge in [-0.2, -0.15) is 0 Å². The number of carboxylic acids is 1. The molecule has 0 aliphatic carbocycles. The Labute approximate surface area is 105 Å². The van der Waals surface area contributed by atoms with E-state index in [1.165, 1.54) is 0 Å². The monoisotopic (exact) mass is 247 g/mol. The highest BCUT2D eigenvalue weighted by Gasteiger charge is 2.15. The van der Waals surface area contributed by atoms with Crippen molar-refractivity contribution in [3.05, 3.63) is 34.5 Å². The first-order chi connectivity index (χ1) is 8.54. The van der Waals surface area contributed by atoms with Crippen molar-refractivity contribution in [3.63, 3.8) is 0 Å². The lowest BCUT2D eigenvalue weighted by molar-refractivity contribution is 0.0698. The average molecular weight is 247 g/mol. The second kappa shape index (κ2) is 4.82. The number of benzene rings is 1. The number of carbonyl (C=O) groups is 1. The molecule has 1 aromatic carbocycles. The fourth-order valence-corrected chi connectivity index (χ4v) is 2.37. The molecule has 0 atom stereocenters. The summed E-state index contributed by atoms with van der Waals surface area (Å²) in [7, 11) is 0. The van der Waals surface area contributed by atoms with Crippen molar-refractivity contribution in [2.45, 2.75) is 26.7 Å². The Balaban J connectivity index is 2.66. The molecule has 96 valence electrons. The Morgan fingerprint density at radius 3 is 2.67 bits per heavy atom.